The van der Waals surface area contributed by atoms with Gasteiger partial charge in [0.25, 0.3) is 0 Å². The molecule has 0 bridgehead atoms. The van der Waals surface area contributed by atoms with Gasteiger partial charge in [0, 0.05) is 23.4 Å². The predicted octanol–water partition coefficient (Wildman–Crippen LogP) is 8.05. The first-order valence-corrected chi connectivity index (χ1v) is 10.9. The number of fused-ring (bicyclic) bond motifs is 3. The molecule has 160 valence electrons. The number of anilines is 1. The topological polar surface area (TPSA) is 20.3 Å². The summed E-state index contributed by atoms with van der Waals surface area (Å²) >= 11 is 0. The maximum atomic E-state index is 12.6. The van der Waals surface area contributed by atoms with E-state index in [2.05, 4.69) is 47.4 Å². The van der Waals surface area contributed by atoms with Crippen molar-refractivity contribution in [2.75, 3.05) is 11.4 Å². The number of Topliss-reactive ketones (excluding diaryl/α,β-unsaturated/α-hetero) is 1. The van der Waals surface area contributed by atoms with Crippen LogP contribution in [-0.4, -0.2) is 12.3 Å². The summed E-state index contributed by atoms with van der Waals surface area (Å²) in [5.41, 5.74) is 5.65. The zero-order chi connectivity index (χ0) is 22.1. The number of carbonyl (C=O) groups excluding carboxylic acids is 1. The Labute approximate surface area is 170 Å². The van der Waals surface area contributed by atoms with Gasteiger partial charge in [0.15, 0.2) is 5.78 Å². The fourth-order valence-electron chi connectivity index (χ4n) is 3.22. The normalized spacial score (nSPS) is 14.9. The summed E-state index contributed by atoms with van der Waals surface area (Å²) in [6.45, 7) is 1.17. The van der Waals surface area contributed by atoms with Crippen molar-refractivity contribution in [1.29, 1.82) is 0 Å². The van der Waals surface area contributed by atoms with Crippen LogP contribution in [0.2, 0.25) is 0 Å². The van der Waals surface area contributed by atoms with E-state index in [1.165, 1.54) is 16.7 Å². The van der Waals surface area contributed by atoms with Gasteiger partial charge in [-0.05, 0) is 17.2 Å². The van der Waals surface area contributed by atoms with Crippen molar-refractivity contribution in [3.63, 3.8) is 0 Å². The Balaban J connectivity index is 0.000000373. The van der Waals surface area contributed by atoms with Crippen molar-refractivity contribution < 1.29 is 31.4 Å². The van der Waals surface area contributed by atoms with Crippen LogP contribution in [0.15, 0.2) is 78.9 Å². The molecule has 0 saturated carbocycles. The van der Waals surface area contributed by atoms with E-state index in [-0.39, 0.29) is 7.21 Å². The van der Waals surface area contributed by atoms with Crippen molar-refractivity contribution in [3.8, 4) is 11.1 Å². The van der Waals surface area contributed by atoms with E-state index in [0.29, 0.717) is 6.54 Å². The number of nitrogens with zero attached hydrogens (tertiary/aromatic N) is 1. The minimum absolute atomic E-state index is 0. The maximum Gasteiger partial charge on any atom is 1.00 e. The minimum atomic E-state index is -10.7. The Hall–Kier alpha value is -2.86. The van der Waals surface area contributed by atoms with E-state index in [0.717, 1.165) is 17.8 Å². The van der Waals surface area contributed by atoms with Crippen LogP contribution < -0.4 is 4.90 Å². The summed E-state index contributed by atoms with van der Waals surface area (Å²) in [7, 11) is -10.7. The van der Waals surface area contributed by atoms with Gasteiger partial charge >= 0.3 is 34.4 Å². The largest absolute Gasteiger partial charge is 1.00 e. The Morgan fingerprint density at radius 2 is 1.27 bits per heavy atom. The fourth-order valence-corrected chi connectivity index (χ4v) is 3.22. The quantitative estimate of drug-likeness (QED) is 0.231. The summed E-state index contributed by atoms with van der Waals surface area (Å²) in [5, 5.41) is 0. The molecule has 4 rings (SSSR count). The summed E-state index contributed by atoms with van der Waals surface area (Å²) in [4.78, 5) is 14.8. The fraction of sp³-hybridized carbons (Fsp3) is 0.0952. The second-order valence-electron chi connectivity index (χ2n) is 6.78. The number of halogens is 6. The van der Waals surface area contributed by atoms with Crippen LogP contribution in [0, 0.1) is 0 Å². The van der Waals surface area contributed by atoms with Crippen LogP contribution in [-0.2, 0) is 6.54 Å². The molecule has 2 nitrogen and oxygen atoms in total. The number of rotatable bonds is 3. The van der Waals surface area contributed by atoms with Gasteiger partial charge in [0.2, 0.25) is 0 Å². The number of ketones is 1. The Morgan fingerprint density at radius 3 is 1.90 bits per heavy atom. The van der Waals surface area contributed by atoms with Crippen molar-refractivity contribution in [3.05, 3.63) is 90.0 Å². The molecule has 0 spiro atoms. The Bertz CT molecular complexity index is 1060. The van der Waals surface area contributed by atoms with Crippen molar-refractivity contribution in [2.45, 2.75) is 6.54 Å². The molecule has 0 aromatic heterocycles. The molecule has 1 aliphatic heterocycles. The van der Waals surface area contributed by atoms with E-state index in [1.807, 2.05) is 36.4 Å². The van der Waals surface area contributed by atoms with Gasteiger partial charge in [-0.15, -0.1) is 0 Å². The number of hydrogen-bond donors (Lipinski definition) is 0. The standard InChI is InChI=1S/C21H17NO.F6P/c23-21(16-8-2-1-3-9-16)15-22-14-17-10-4-5-11-18(17)19-12-6-7-13-20(19)22;1-7(2,3,4,5)6/h1-13H,14-15H2;/q;-1/p+1. The third-order valence-electron chi connectivity index (χ3n) is 4.34. The maximum absolute atomic E-state index is 12.6. The van der Waals surface area contributed by atoms with E-state index < -0.39 is 7.81 Å². The van der Waals surface area contributed by atoms with E-state index >= 15 is 0 Å². The summed E-state index contributed by atoms with van der Waals surface area (Å²) in [6.07, 6.45) is 0. The van der Waals surface area contributed by atoms with Crippen molar-refractivity contribution in [1.82, 2.24) is 0 Å². The first kappa shape index (κ1) is 21.8. The Kier molecular flexibility index (Phi) is 5.19. The molecule has 0 aliphatic carbocycles. The monoisotopic (exact) mass is 445 g/mol. The molecular weight excluding hydrogens is 427 g/mol. The van der Waals surface area contributed by atoms with E-state index in [1.54, 1.807) is 0 Å². The van der Waals surface area contributed by atoms with Crippen LogP contribution in [0.4, 0.5) is 30.9 Å². The van der Waals surface area contributed by atoms with Crippen LogP contribution >= 0.6 is 7.81 Å². The van der Waals surface area contributed by atoms with E-state index in [4.69, 9.17) is 0 Å². The molecule has 3 aromatic rings. The summed E-state index contributed by atoms with van der Waals surface area (Å²) in [5.74, 6) is 0.153. The molecule has 0 fully saturated rings. The number of para-hydroxylation sites is 1. The van der Waals surface area contributed by atoms with E-state index in [9.17, 15) is 30.0 Å². The molecular formula is C21H18F6NOP. The van der Waals surface area contributed by atoms with Gasteiger partial charge in [-0.2, -0.15) is 0 Å². The predicted molar refractivity (Wildman–Crippen MR) is 108 cm³/mol. The second-order valence-corrected chi connectivity index (χ2v) is 8.69. The molecule has 0 radical (unpaired) electrons. The van der Waals surface area contributed by atoms with Gasteiger partial charge in [-0.3, -0.25) is 4.79 Å². The molecule has 0 unspecified atom stereocenters. The van der Waals surface area contributed by atoms with Gasteiger partial charge in [-0.1, -0.05) is 72.8 Å². The molecule has 0 atom stereocenters. The van der Waals surface area contributed by atoms with Crippen molar-refractivity contribution >= 4 is 19.3 Å². The molecule has 0 amide bonds. The van der Waals surface area contributed by atoms with Gasteiger partial charge in [0.1, 0.15) is 0 Å². The SMILES string of the molecule is F[P-](F)(F)(F)(F)F.O=C(CN1Cc2ccccc2-c2ccccc21)c1ccccc1.[H+]. The van der Waals surface area contributed by atoms with Crippen LogP contribution in [0.1, 0.15) is 17.3 Å². The van der Waals surface area contributed by atoms with Crippen LogP contribution in [0.25, 0.3) is 11.1 Å². The van der Waals surface area contributed by atoms with Gasteiger partial charge in [0.05, 0.1) is 6.54 Å². The molecule has 9 heteroatoms. The smallest absolute Gasteiger partial charge is 0.359 e. The van der Waals surface area contributed by atoms with Crippen LogP contribution in [0.5, 0.6) is 0 Å². The molecule has 0 N–H and O–H groups in total. The zero-order valence-electron chi connectivity index (χ0n) is 16.5. The second kappa shape index (κ2) is 7.13. The van der Waals surface area contributed by atoms with Gasteiger partial charge in [-0.25, -0.2) is 0 Å². The number of hydrogen-bond acceptors (Lipinski definition) is 2. The average molecular weight is 445 g/mol. The third-order valence-corrected chi connectivity index (χ3v) is 4.34. The summed E-state index contributed by atoms with van der Waals surface area (Å²) < 4.78 is 59.2. The minimum Gasteiger partial charge on any atom is -0.359 e. The number of carbonyl (C=O) groups is 1. The molecule has 1 aliphatic rings. The van der Waals surface area contributed by atoms with Crippen LogP contribution in [0.3, 0.4) is 0 Å². The number of benzene rings is 3. The zero-order valence-corrected chi connectivity index (χ0v) is 16.4. The molecule has 1 heterocycles. The Morgan fingerprint density at radius 1 is 0.767 bits per heavy atom. The van der Waals surface area contributed by atoms with Crippen molar-refractivity contribution in [2.24, 2.45) is 0 Å². The first-order valence-electron chi connectivity index (χ1n) is 8.85. The molecule has 3 aromatic carbocycles. The molecule has 0 saturated heterocycles. The summed E-state index contributed by atoms with van der Waals surface area (Å²) in [6, 6.07) is 26.3. The average Bonchev–Trinajstić information content (AvgIpc) is 2.66. The first-order chi connectivity index (χ1) is 13.8. The molecule has 30 heavy (non-hydrogen) atoms. The van der Waals surface area contributed by atoms with Gasteiger partial charge < -0.3 is 4.90 Å². The third kappa shape index (κ3) is 6.59.